The maximum Gasteiger partial charge on any atom is 0.225 e. The predicted octanol–water partition coefficient (Wildman–Crippen LogP) is 0.685. The second-order valence-electron chi connectivity index (χ2n) is 2.76. The van der Waals surface area contributed by atoms with Crippen molar-refractivity contribution in [2.75, 3.05) is 24.6 Å². The number of nitrogens with zero attached hydrogens (tertiary/aromatic N) is 3. The predicted molar refractivity (Wildman–Crippen MR) is 51.6 cm³/mol. The first-order chi connectivity index (χ1) is 6.38. The molecule has 0 atom stereocenters. The van der Waals surface area contributed by atoms with Gasteiger partial charge < -0.3 is 10.0 Å². The van der Waals surface area contributed by atoms with Gasteiger partial charge >= 0.3 is 0 Å². The molecule has 0 radical (unpaired) electrons. The van der Waals surface area contributed by atoms with Gasteiger partial charge in [-0.1, -0.05) is 6.92 Å². The molecule has 4 nitrogen and oxygen atoms in total. The number of hydrogen-bond donors (Lipinski definition) is 1. The third-order valence-corrected chi connectivity index (χ3v) is 1.70. The molecule has 13 heavy (non-hydrogen) atoms. The Balaban J connectivity index is 2.64. The topological polar surface area (TPSA) is 49.2 Å². The van der Waals surface area contributed by atoms with Crippen molar-refractivity contribution in [2.45, 2.75) is 13.3 Å². The fourth-order valence-corrected chi connectivity index (χ4v) is 1.16. The van der Waals surface area contributed by atoms with Crippen molar-refractivity contribution >= 4 is 5.95 Å². The van der Waals surface area contributed by atoms with Gasteiger partial charge in [0.2, 0.25) is 5.95 Å². The van der Waals surface area contributed by atoms with E-state index in [4.69, 9.17) is 5.11 Å². The first-order valence-corrected chi connectivity index (χ1v) is 4.51. The van der Waals surface area contributed by atoms with Crippen LogP contribution in [-0.2, 0) is 0 Å². The summed E-state index contributed by atoms with van der Waals surface area (Å²) in [5, 5.41) is 8.83. The molecule has 0 fully saturated rings. The Hall–Kier alpha value is -1.16. The van der Waals surface area contributed by atoms with Gasteiger partial charge in [0.05, 0.1) is 6.61 Å². The van der Waals surface area contributed by atoms with Crippen molar-refractivity contribution in [1.82, 2.24) is 9.97 Å². The van der Waals surface area contributed by atoms with E-state index in [2.05, 4.69) is 16.9 Å². The third-order valence-electron chi connectivity index (χ3n) is 1.70. The van der Waals surface area contributed by atoms with Crippen LogP contribution in [0.5, 0.6) is 0 Å². The standard InChI is InChI=1S/C9H15N3O/c1-2-6-12(7-8-13)9-10-4-3-5-11-9/h3-5,13H,2,6-8H2,1H3. The van der Waals surface area contributed by atoms with Gasteiger partial charge in [0.1, 0.15) is 0 Å². The second-order valence-corrected chi connectivity index (χ2v) is 2.76. The van der Waals surface area contributed by atoms with Gasteiger partial charge in [-0.25, -0.2) is 9.97 Å². The Bertz CT molecular complexity index is 222. The summed E-state index contributed by atoms with van der Waals surface area (Å²) >= 11 is 0. The van der Waals surface area contributed by atoms with Crippen LogP contribution < -0.4 is 4.90 Å². The average Bonchev–Trinajstić information content (AvgIpc) is 2.19. The highest BCUT2D eigenvalue weighted by molar-refractivity contribution is 5.27. The van der Waals surface area contributed by atoms with Crippen molar-refractivity contribution < 1.29 is 5.11 Å². The number of aliphatic hydroxyl groups is 1. The minimum Gasteiger partial charge on any atom is -0.395 e. The Kier molecular flexibility index (Phi) is 4.18. The van der Waals surface area contributed by atoms with Crippen LogP contribution in [0.1, 0.15) is 13.3 Å². The summed E-state index contributed by atoms with van der Waals surface area (Å²) in [7, 11) is 0. The van der Waals surface area contributed by atoms with E-state index in [9.17, 15) is 0 Å². The Labute approximate surface area is 78.2 Å². The number of aliphatic hydroxyl groups excluding tert-OH is 1. The van der Waals surface area contributed by atoms with E-state index in [0.29, 0.717) is 12.5 Å². The largest absolute Gasteiger partial charge is 0.395 e. The van der Waals surface area contributed by atoms with Crippen LogP contribution in [-0.4, -0.2) is 34.8 Å². The van der Waals surface area contributed by atoms with Crippen LogP contribution in [0.15, 0.2) is 18.5 Å². The average molecular weight is 181 g/mol. The first kappa shape index (κ1) is 9.92. The lowest BCUT2D eigenvalue weighted by molar-refractivity contribution is 0.301. The lowest BCUT2D eigenvalue weighted by Crippen LogP contribution is -2.28. The minimum atomic E-state index is 0.137. The van der Waals surface area contributed by atoms with Crippen molar-refractivity contribution in [3.05, 3.63) is 18.5 Å². The van der Waals surface area contributed by atoms with E-state index in [1.807, 2.05) is 4.90 Å². The molecular weight excluding hydrogens is 166 g/mol. The van der Waals surface area contributed by atoms with Gasteiger partial charge in [-0.05, 0) is 12.5 Å². The molecule has 0 aromatic carbocycles. The molecule has 4 heteroatoms. The molecule has 0 amide bonds. The van der Waals surface area contributed by atoms with Gasteiger partial charge in [-0.2, -0.15) is 0 Å². The summed E-state index contributed by atoms with van der Waals surface area (Å²) in [4.78, 5) is 10.2. The molecule has 0 aliphatic rings. The molecule has 0 aliphatic heterocycles. The second kappa shape index (κ2) is 5.48. The zero-order valence-corrected chi connectivity index (χ0v) is 7.85. The van der Waals surface area contributed by atoms with Gasteiger partial charge in [0.25, 0.3) is 0 Å². The highest BCUT2D eigenvalue weighted by atomic mass is 16.3. The van der Waals surface area contributed by atoms with Crippen LogP contribution in [0.2, 0.25) is 0 Å². The summed E-state index contributed by atoms with van der Waals surface area (Å²) in [6.07, 6.45) is 4.45. The quantitative estimate of drug-likeness (QED) is 0.726. The monoisotopic (exact) mass is 181 g/mol. The van der Waals surface area contributed by atoms with E-state index in [0.717, 1.165) is 13.0 Å². The van der Waals surface area contributed by atoms with Crippen molar-refractivity contribution in [1.29, 1.82) is 0 Å². The maximum absolute atomic E-state index is 8.83. The van der Waals surface area contributed by atoms with Crippen LogP contribution in [0, 0.1) is 0 Å². The minimum absolute atomic E-state index is 0.137. The molecule has 72 valence electrons. The molecule has 1 aromatic heterocycles. The Morgan fingerprint density at radius 1 is 1.31 bits per heavy atom. The molecule has 0 saturated heterocycles. The van der Waals surface area contributed by atoms with E-state index in [-0.39, 0.29) is 6.61 Å². The Morgan fingerprint density at radius 2 is 2.00 bits per heavy atom. The lowest BCUT2D eigenvalue weighted by atomic mass is 10.4. The number of rotatable bonds is 5. The van der Waals surface area contributed by atoms with Gasteiger partial charge in [-0.15, -0.1) is 0 Å². The van der Waals surface area contributed by atoms with Crippen molar-refractivity contribution in [3.8, 4) is 0 Å². The molecule has 1 N–H and O–H groups in total. The summed E-state index contributed by atoms with van der Waals surface area (Å²) in [6.45, 7) is 3.70. The Morgan fingerprint density at radius 3 is 2.54 bits per heavy atom. The highest BCUT2D eigenvalue weighted by Gasteiger charge is 2.05. The third kappa shape index (κ3) is 2.99. The SMILES string of the molecule is CCCN(CCO)c1ncccn1. The number of hydrogen-bond acceptors (Lipinski definition) is 4. The molecule has 0 unspecified atom stereocenters. The zero-order chi connectivity index (χ0) is 9.52. The molecule has 1 aromatic rings. The van der Waals surface area contributed by atoms with E-state index in [1.165, 1.54) is 0 Å². The van der Waals surface area contributed by atoms with Crippen molar-refractivity contribution in [2.24, 2.45) is 0 Å². The van der Waals surface area contributed by atoms with Crippen LogP contribution in [0.4, 0.5) is 5.95 Å². The van der Waals surface area contributed by atoms with Gasteiger partial charge in [0.15, 0.2) is 0 Å². The van der Waals surface area contributed by atoms with Crippen LogP contribution in [0.3, 0.4) is 0 Å². The van der Waals surface area contributed by atoms with Crippen LogP contribution >= 0.6 is 0 Å². The molecule has 0 spiro atoms. The van der Waals surface area contributed by atoms with Crippen LogP contribution in [0.25, 0.3) is 0 Å². The molecule has 0 bridgehead atoms. The normalized spacial score (nSPS) is 10.0. The first-order valence-electron chi connectivity index (χ1n) is 4.51. The summed E-state index contributed by atoms with van der Waals surface area (Å²) < 4.78 is 0. The molecule has 1 rings (SSSR count). The fourth-order valence-electron chi connectivity index (χ4n) is 1.16. The summed E-state index contributed by atoms with van der Waals surface area (Å²) in [5.41, 5.74) is 0. The highest BCUT2D eigenvalue weighted by Crippen LogP contribution is 2.04. The van der Waals surface area contributed by atoms with E-state index in [1.54, 1.807) is 18.5 Å². The van der Waals surface area contributed by atoms with Gasteiger partial charge in [0, 0.05) is 25.5 Å². The zero-order valence-electron chi connectivity index (χ0n) is 7.85. The fraction of sp³-hybridized carbons (Fsp3) is 0.556. The van der Waals surface area contributed by atoms with E-state index >= 15 is 0 Å². The summed E-state index contributed by atoms with van der Waals surface area (Å²) in [5.74, 6) is 0.693. The molecule has 1 heterocycles. The van der Waals surface area contributed by atoms with Gasteiger partial charge in [-0.3, -0.25) is 0 Å². The van der Waals surface area contributed by atoms with E-state index < -0.39 is 0 Å². The number of aromatic nitrogens is 2. The molecule has 0 aliphatic carbocycles. The lowest BCUT2D eigenvalue weighted by Gasteiger charge is -2.20. The molecule has 0 saturated carbocycles. The molecular formula is C9H15N3O. The number of anilines is 1. The maximum atomic E-state index is 8.83. The summed E-state index contributed by atoms with van der Waals surface area (Å²) in [6, 6.07) is 1.78. The van der Waals surface area contributed by atoms with Crippen molar-refractivity contribution in [3.63, 3.8) is 0 Å². The smallest absolute Gasteiger partial charge is 0.225 e.